The Morgan fingerprint density at radius 1 is 1.40 bits per heavy atom. The average Bonchev–Trinajstić information content (AvgIpc) is 2.36. The molecule has 0 aromatic heterocycles. The third kappa shape index (κ3) is 4.50. The third-order valence-electron chi connectivity index (χ3n) is 2.84. The van der Waals surface area contributed by atoms with E-state index in [1.807, 2.05) is 12.3 Å². The van der Waals surface area contributed by atoms with Crippen LogP contribution in [0.3, 0.4) is 0 Å². The van der Waals surface area contributed by atoms with Crippen molar-refractivity contribution in [3.05, 3.63) is 29.3 Å². The van der Waals surface area contributed by atoms with Gasteiger partial charge in [0, 0.05) is 0 Å². The van der Waals surface area contributed by atoms with Crippen molar-refractivity contribution < 1.29 is 18.3 Å². The summed E-state index contributed by atoms with van der Waals surface area (Å²) in [6.07, 6.45) is 2.10. The Balaban J connectivity index is 3.03. The SMILES string of the molecule is CSCCC(NS(=O)(=O)c1cc(C)ccc1C)C(=O)O. The van der Waals surface area contributed by atoms with Gasteiger partial charge in [0.1, 0.15) is 6.04 Å². The van der Waals surface area contributed by atoms with Crippen LogP contribution in [0.15, 0.2) is 23.1 Å². The van der Waals surface area contributed by atoms with Crippen LogP contribution in [-0.2, 0) is 14.8 Å². The van der Waals surface area contributed by atoms with Crippen molar-refractivity contribution in [2.45, 2.75) is 31.2 Å². The van der Waals surface area contributed by atoms with Gasteiger partial charge in [0.15, 0.2) is 0 Å². The van der Waals surface area contributed by atoms with E-state index in [2.05, 4.69) is 4.72 Å². The molecule has 1 unspecified atom stereocenters. The van der Waals surface area contributed by atoms with E-state index >= 15 is 0 Å². The molecule has 0 aliphatic rings. The van der Waals surface area contributed by atoms with Gasteiger partial charge in [0.25, 0.3) is 0 Å². The fourth-order valence-corrected chi connectivity index (χ4v) is 3.74. The molecule has 1 aromatic carbocycles. The first-order valence-corrected chi connectivity index (χ1v) is 8.97. The minimum absolute atomic E-state index is 0.132. The summed E-state index contributed by atoms with van der Waals surface area (Å²) >= 11 is 1.48. The smallest absolute Gasteiger partial charge is 0.321 e. The number of carboxylic acids is 1. The van der Waals surface area contributed by atoms with Gasteiger partial charge in [-0.1, -0.05) is 12.1 Å². The van der Waals surface area contributed by atoms with E-state index in [1.165, 1.54) is 11.8 Å². The van der Waals surface area contributed by atoms with Gasteiger partial charge in [-0.3, -0.25) is 4.79 Å². The first-order chi connectivity index (χ1) is 9.27. The number of nitrogens with one attached hydrogen (secondary N) is 1. The third-order valence-corrected chi connectivity index (χ3v) is 5.10. The van der Waals surface area contributed by atoms with Crippen LogP contribution in [0.25, 0.3) is 0 Å². The van der Waals surface area contributed by atoms with Gasteiger partial charge in [-0.25, -0.2) is 8.42 Å². The van der Waals surface area contributed by atoms with E-state index in [1.54, 1.807) is 26.0 Å². The van der Waals surface area contributed by atoms with Gasteiger partial charge in [-0.15, -0.1) is 0 Å². The van der Waals surface area contributed by atoms with E-state index in [4.69, 9.17) is 5.11 Å². The van der Waals surface area contributed by atoms with Gasteiger partial charge < -0.3 is 5.11 Å². The fraction of sp³-hybridized carbons (Fsp3) is 0.462. The fourth-order valence-electron chi connectivity index (χ4n) is 1.72. The molecule has 0 aliphatic heterocycles. The lowest BCUT2D eigenvalue weighted by atomic mass is 10.2. The molecular formula is C13H19NO4S2. The van der Waals surface area contributed by atoms with Crippen LogP contribution < -0.4 is 4.72 Å². The van der Waals surface area contributed by atoms with Gasteiger partial charge in [-0.05, 0) is 49.5 Å². The number of aryl methyl sites for hydroxylation is 2. The summed E-state index contributed by atoms with van der Waals surface area (Å²) in [5, 5.41) is 9.10. The Hall–Kier alpha value is -1.05. The predicted octanol–water partition coefficient (Wildman–Crippen LogP) is 1.79. The quantitative estimate of drug-likeness (QED) is 0.801. The number of hydrogen-bond donors (Lipinski definition) is 2. The second-order valence-electron chi connectivity index (χ2n) is 4.56. The normalized spacial score (nSPS) is 13.2. The molecule has 1 atom stereocenters. The summed E-state index contributed by atoms with van der Waals surface area (Å²) in [4.78, 5) is 11.3. The molecule has 0 saturated carbocycles. The van der Waals surface area contributed by atoms with Gasteiger partial charge in [0.05, 0.1) is 4.90 Å². The topological polar surface area (TPSA) is 83.5 Å². The molecular weight excluding hydrogens is 298 g/mol. The van der Waals surface area contributed by atoms with Crippen LogP contribution in [0.4, 0.5) is 0 Å². The van der Waals surface area contributed by atoms with E-state index < -0.39 is 22.0 Å². The first-order valence-electron chi connectivity index (χ1n) is 6.09. The lowest BCUT2D eigenvalue weighted by Gasteiger charge is -2.15. The monoisotopic (exact) mass is 317 g/mol. The second-order valence-corrected chi connectivity index (χ2v) is 7.23. The second kappa shape index (κ2) is 7.10. The number of carboxylic acid groups (broad SMARTS) is 1. The Labute approximate surface area is 123 Å². The van der Waals surface area contributed by atoms with Crippen LogP contribution in [-0.4, -0.2) is 37.5 Å². The molecule has 0 heterocycles. The lowest BCUT2D eigenvalue weighted by molar-refractivity contribution is -0.139. The van der Waals surface area contributed by atoms with Crippen molar-refractivity contribution in [3.63, 3.8) is 0 Å². The average molecular weight is 317 g/mol. The number of rotatable bonds is 7. The van der Waals surface area contributed by atoms with Crippen molar-refractivity contribution in [3.8, 4) is 0 Å². The van der Waals surface area contributed by atoms with Crippen LogP contribution in [0.1, 0.15) is 17.5 Å². The molecule has 7 heteroatoms. The Bertz CT molecular complexity index is 584. The van der Waals surface area contributed by atoms with Crippen LogP contribution in [0, 0.1) is 13.8 Å². The van der Waals surface area contributed by atoms with E-state index in [9.17, 15) is 13.2 Å². The van der Waals surface area contributed by atoms with Crippen LogP contribution >= 0.6 is 11.8 Å². The highest BCUT2D eigenvalue weighted by Crippen LogP contribution is 2.17. The standard InChI is InChI=1S/C13H19NO4S2/c1-9-4-5-10(2)12(8-9)20(17,18)14-11(13(15)16)6-7-19-3/h4-5,8,11,14H,6-7H2,1-3H3,(H,15,16). The van der Waals surface area contributed by atoms with Gasteiger partial charge in [0.2, 0.25) is 10.0 Å². The minimum Gasteiger partial charge on any atom is -0.480 e. The van der Waals surface area contributed by atoms with Crippen LogP contribution in [0.5, 0.6) is 0 Å². The lowest BCUT2D eigenvalue weighted by Crippen LogP contribution is -2.41. The molecule has 0 bridgehead atoms. The molecule has 0 saturated heterocycles. The number of hydrogen-bond acceptors (Lipinski definition) is 4. The minimum atomic E-state index is -3.83. The Morgan fingerprint density at radius 3 is 2.60 bits per heavy atom. The van der Waals surface area contributed by atoms with E-state index in [0.717, 1.165) is 5.56 Å². The Morgan fingerprint density at radius 2 is 2.05 bits per heavy atom. The van der Waals surface area contributed by atoms with E-state index in [0.29, 0.717) is 11.3 Å². The summed E-state index contributed by atoms with van der Waals surface area (Å²) < 4.78 is 26.9. The summed E-state index contributed by atoms with van der Waals surface area (Å²) in [5.74, 6) is -0.584. The maximum absolute atomic E-state index is 12.3. The summed E-state index contributed by atoms with van der Waals surface area (Å²) in [7, 11) is -3.83. The zero-order valence-electron chi connectivity index (χ0n) is 11.7. The molecule has 5 nitrogen and oxygen atoms in total. The molecule has 0 aliphatic carbocycles. The molecule has 1 aromatic rings. The zero-order valence-corrected chi connectivity index (χ0v) is 13.3. The largest absolute Gasteiger partial charge is 0.480 e. The van der Waals surface area contributed by atoms with Crippen molar-refractivity contribution >= 4 is 27.8 Å². The number of thioether (sulfide) groups is 1. The highest BCUT2D eigenvalue weighted by Gasteiger charge is 2.26. The maximum atomic E-state index is 12.3. The molecule has 0 fully saturated rings. The number of aliphatic carboxylic acids is 1. The number of benzene rings is 1. The molecule has 2 N–H and O–H groups in total. The van der Waals surface area contributed by atoms with Gasteiger partial charge >= 0.3 is 5.97 Å². The highest BCUT2D eigenvalue weighted by molar-refractivity contribution is 7.98. The maximum Gasteiger partial charge on any atom is 0.321 e. The van der Waals surface area contributed by atoms with E-state index in [-0.39, 0.29) is 11.3 Å². The van der Waals surface area contributed by atoms with Crippen molar-refractivity contribution in [1.29, 1.82) is 0 Å². The summed E-state index contributed by atoms with van der Waals surface area (Å²) in [6.45, 7) is 3.48. The molecule has 1 rings (SSSR count). The molecule has 112 valence electrons. The predicted molar refractivity (Wildman–Crippen MR) is 80.7 cm³/mol. The Kier molecular flexibility index (Phi) is 6.04. The summed E-state index contributed by atoms with van der Waals surface area (Å²) in [6, 6.07) is 3.97. The molecule has 20 heavy (non-hydrogen) atoms. The van der Waals surface area contributed by atoms with Crippen molar-refractivity contribution in [2.75, 3.05) is 12.0 Å². The molecule has 0 radical (unpaired) electrons. The molecule has 0 amide bonds. The number of carbonyl (C=O) groups is 1. The first kappa shape index (κ1) is 17.0. The summed E-state index contributed by atoms with van der Waals surface area (Å²) in [5.41, 5.74) is 1.41. The van der Waals surface area contributed by atoms with Gasteiger partial charge in [-0.2, -0.15) is 16.5 Å². The van der Waals surface area contributed by atoms with Crippen molar-refractivity contribution in [1.82, 2.24) is 4.72 Å². The van der Waals surface area contributed by atoms with Crippen molar-refractivity contribution in [2.24, 2.45) is 0 Å². The van der Waals surface area contributed by atoms with Crippen LogP contribution in [0.2, 0.25) is 0 Å². The zero-order chi connectivity index (χ0) is 15.3. The number of sulfonamides is 1. The highest BCUT2D eigenvalue weighted by atomic mass is 32.2. The molecule has 0 spiro atoms.